The van der Waals surface area contributed by atoms with Crippen LogP contribution >= 0.6 is 34.8 Å². The summed E-state index contributed by atoms with van der Waals surface area (Å²) in [5.41, 5.74) is 6.72. The van der Waals surface area contributed by atoms with Crippen LogP contribution in [-0.2, 0) is 0 Å². The molecular weight excluding hydrogens is 244 g/mol. The second-order valence-corrected chi connectivity index (χ2v) is 4.31. The molecule has 1 aromatic carbocycles. The van der Waals surface area contributed by atoms with Crippen molar-refractivity contribution in [2.75, 3.05) is 6.61 Å². The minimum absolute atomic E-state index is 0.0778. The van der Waals surface area contributed by atoms with Gasteiger partial charge >= 0.3 is 0 Å². The molecule has 1 heterocycles. The van der Waals surface area contributed by atoms with E-state index in [4.69, 9.17) is 45.3 Å². The SMILES string of the molecule is N[C@H]1CCOc2c1cc(Cl)c(Cl)c2Cl. The Bertz CT molecular complexity index is 381. The largest absolute Gasteiger partial charge is 0.492 e. The van der Waals surface area contributed by atoms with Crippen LogP contribution in [0.2, 0.25) is 15.1 Å². The van der Waals surface area contributed by atoms with Crippen molar-refractivity contribution in [1.82, 2.24) is 0 Å². The lowest BCUT2D eigenvalue weighted by molar-refractivity contribution is 0.269. The zero-order chi connectivity index (χ0) is 10.3. The van der Waals surface area contributed by atoms with Crippen molar-refractivity contribution in [3.63, 3.8) is 0 Å². The van der Waals surface area contributed by atoms with Crippen molar-refractivity contribution < 1.29 is 4.74 Å². The van der Waals surface area contributed by atoms with E-state index in [9.17, 15) is 0 Å². The highest BCUT2D eigenvalue weighted by Crippen LogP contribution is 2.44. The quantitative estimate of drug-likeness (QED) is 0.718. The topological polar surface area (TPSA) is 35.2 Å². The maximum absolute atomic E-state index is 5.98. The van der Waals surface area contributed by atoms with E-state index in [0.29, 0.717) is 27.4 Å². The van der Waals surface area contributed by atoms with E-state index < -0.39 is 0 Å². The molecule has 0 bridgehead atoms. The number of ether oxygens (including phenoxy) is 1. The van der Waals surface area contributed by atoms with E-state index >= 15 is 0 Å². The molecule has 2 N–H and O–H groups in total. The van der Waals surface area contributed by atoms with Gasteiger partial charge in [0.15, 0.2) is 0 Å². The maximum Gasteiger partial charge on any atom is 0.144 e. The normalized spacial score (nSPS) is 20.1. The standard InChI is InChI=1S/C9H8Cl3NO/c10-5-3-4-6(13)1-2-14-9(4)8(12)7(5)11/h3,6H,1-2,13H2/t6-/m0/s1. The minimum Gasteiger partial charge on any atom is -0.492 e. The average molecular weight is 253 g/mol. The van der Waals surface area contributed by atoms with E-state index in [0.717, 1.165) is 12.0 Å². The summed E-state index contributed by atoms with van der Waals surface area (Å²) in [7, 11) is 0. The molecule has 0 fully saturated rings. The number of benzene rings is 1. The van der Waals surface area contributed by atoms with Crippen molar-refractivity contribution in [2.45, 2.75) is 12.5 Å². The number of hydrogen-bond donors (Lipinski definition) is 1. The molecular formula is C9H8Cl3NO. The van der Waals surface area contributed by atoms with Gasteiger partial charge in [0.1, 0.15) is 10.8 Å². The Hall–Kier alpha value is -0.150. The molecule has 1 aliphatic heterocycles. The van der Waals surface area contributed by atoms with Gasteiger partial charge in [-0.15, -0.1) is 0 Å². The summed E-state index contributed by atoms with van der Waals surface area (Å²) in [6, 6.07) is 1.64. The minimum atomic E-state index is -0.0778. The van der Waals surface area contributed by atoms with Gasteiger partial charge in [-0.1, -0.05) is 34.8 Å². The third-order valence-electron chi connectivity index (χ3n) is 2.22. The van der Waals surface area contributed by atoms with Crippen molar-refractivity contribution in [2.24, 2.45) is 5.73 Å². The fourth-order valence-corrected chi connectivity index (χ4v) is 2.13. The van der Waals surface area contributed by atoms with Gasteiger partial charge in [-0.05, 0) is 6.07 Å². The number of fused-ring (bicyclic) bond motifs is 1. The molecule has 0 aliphatic carbocycles. The van der Waals surface area contributed by atoms with Crippen LogP contribution in [0.5, 0.6) is 5.75 Å². The molecule has 0 saturated carbocycles. The van der Waals surface area contributed by atoms with E-state index in [1.54, 1.807) is 6.07 Å². The molecule has 14 heavy (non-hydrogen) atoms. The third-order valence-corrected chi connectivity index (χ3v) is 3.47. The molecule has 2 nitrogen and oxygen atoms in total. The second-order valence-electron chi connectivity index (χ2n) is 3.15. The maximum atomic E-state index is 5.98. The van der Waals surface area contributed by atoms with Crippen LogP contribution in [-0.4, -0.2) is 6.61 Å². The van der Waals surface area contributed by atoms with Gasteiger partial charge in [0.25, 0.3) is 0 Å². The summed E-state index contributed by atoms with van der Waals surface area (Å²) < 4.78 is 5.41. The summed E-state index contributed by atoms with van der Waals surface area (Å²) in [4.78, 5) is 0. The molecule has 76 valence electrons. The first-order valence-electron chi connectivity index (χ1n) is 4.17. The Kier molecular flexibility index (Phi) is 2.80. The molecule has 2 rings (SSSR count). The smallest absolute Gasteiger partial charge is 0.144 e. The van der Waals surface area contributed by atoms with Gasteiger partial charge in [0.05, 0.1) is 16.7 Å². The monoisotopic (exact) mass is 251 g/mol. The van der Waals surface area contributed by atoms with Crippen LogP contribution in [0.25, 0.3) is 0 Å². The van der Waals surface area contributed by atoms with E-state index in [1.165, 1.54) is 0 Å². The van der Waals surface area contributed by atoms with Gasteiger partial charge in [-0.3, -0.25) is 0 Å². The molecule has 0 unspecified atom stereocenters. The predicted molar refractivity (Wildman–Crippen MR) is 58.5 cm³/mol. The van der Waals surface area contributed by atoms with Crippen LogP contribution in [0.1, 0.15) is 18.0 Å². The lowest BCUT2D eigenvalue weighted by atomic mass is 10.0. The van der Waals surface area contributed by atoms with Gasteiger partial charge in [0.2, 0.25) is 0 Å². The molecule has 1 atom stereocenters. The number of nitrogens with two attached hydrogens (primary N) is 1. The van der Waals surface area contributed by atoms with E-state index in [-0.39, 0.29) is 6.04 Å². The van der Waals surface area contributed by atoms with Gasteiger partial charge in [0, 0.05) is 18.0 Å². The molecule has 1 aliphatic rings. The molecule has 0 radical (unpaired) electrons. The number of halogens is 3. The fraction of sp³-hybridized carbons (Fsp3) is 0.333. The van der Waals surface area contributed by atoms with Crippen LogP contribution in [0.3, 0.4) is 0 Å². The number of hydrogen-bond acceptors (Lipinski definition) is 2. The van der Waals surface area contributed by atoms with Gasteiger partial charge in [-0.2, -0.15) is 0 Å². The highest BCUT2D eigenvalue weighted by atomic mass is 35.5. The predicted octanol–water partition coefficient (Wildman–Crippen LogP) is 3.43. The van der Waals surface area contributed by atoms with Crippen molar-refractivity contribution >= 4 is 34.8 Å². The first-order chi connectivity index (χ1) is 6.61. The Morgan fingerprint density at radius 2 is 2.00 bits per heavy atom. The van der Waals surface area contributed by atoms with Crippen molar-refractivity contribution in [3.8, 4) is 5.75 Å². The molecule has 0 amide bonds. The summed E-state index contributed by atoms with van der Waals surface area (Å²) in [5, 5.41) is 1.09. The highest BCUT2D eigenvalue weighted by Gasteiger charge is 2.23. The zero-order valence-electron chi connectivity index (χ0n) is 7.19. The molecule has 0 aromatic heterocycles. The fourth-order valence-electron chi connectivity index (χ4n) is 1.46. The zero-order valence-corrected chi connectivity index (χ0v) is 9.46. The Balaban J connectivity index is 2.63. The van der Waals surface area contributed by atoms with Gasteiger partial charge < -0.3 is 10.5 Å². The Morgan fingerprint density at radius 3 is 2.71 bits per heavy atom. The Morgan fingerprint density at radius 1 is 1.29 bits per heavy atom. The lowest BCUT2D eigenvalue weighted by Gasteiger charge is -2.24. The molecule has 5 heteroatoms. The summed E-state index contributed by atoms with van der Waals surface area (Å²) in [6.45, 7) is 0.561. The average Bonchev–Trinajstić information content (AvgIpc) is 2.17. The summed E-state index contributed by atoms with van der Waals surface area (Å²) >= 11 is 17.8. The van der Waals surface area contributed by atoms with Crippen LogP contribution < -0.4 is 10.5 Å². The van der Waals surface area contributed by atoms with Crippen molar-refractivity contribution in [1.29, 1.82) is 0 Å². The van der Waals surface area contributed by atoms with Gasteiger partial charge in [-0.25, -0.2) is 0 Å². The first-order valence-corrected chi connectivity index (χ1v) is 5.30. The van der Waals surface area contributed by atoms with Crippen LogP contribution in [0.15, 0.2) is 6.07 Å². The highest BCUT2D eigenvalue weighted by molar-refractivity contribution is 6.48. The lowest BCUT2D eigenvalue weighted by Crippen LogP contribution is -2.20. The number of rotatable bonds is 0. The third kappa shape index (κ3) is 1.57. The first kappa shape index (κ1) is 10.4. The van der Waals surface area contributed by atoms with Crippen molar-refractivity contribution in [3.05, 3.63) is 26.7 Å². The summed E-state index contributed by atoms with van der Waals surface area (Å²) in [5.74, 6) is 0.569. The Labute approximate surface area is 96.9 Å². The molecule has 0 spiro atoms. The van der Waals surface area contributed by atoms with E-state index in [2.05, 4.69) is 0 Å². The van der Waals surface area contributed by atoms with Crippen LogP contribution in [0.4, 0.5) is 0 Å². The van der Waals surface area contributed by atoms with Crippen LogP contribution in [0, 0.1) is 0 Å². The van der Waals surface area contributed by atoms with E-state index in [1.807, 2.05) is 0 Å². The molecule has 0 saturated heterocycles. The molecule has 1 aromatic rings. The summed E-state index contributed by atoms with van der Waals surface area (Å²) in [6.07, 6.45) is 0.765. The second kappa shape index (κ2) is 3.78.